The lowest BCUT2D eigenvalue weighted by Crippen LogP contribution is -2.22. The Morgan fingerprint density at radius 2 is 2.29 bits per heavy atom. The van der Waals surface area contributed by atoms with Gasteiger partial charge in [-0.05, 0) is 36.5 Å². The summed E-state index contributed by atoms with van der Waals surface area (Å²) in [5, 5.41) is 17.2. The van der Waals surface area contributed by atoms with Crippen molar-refractivity contribution in [1.29, 1.82) is 0 Å². The van der Waals surface area contributed by atoms with Gasteiger partial charge in [0.15, 0.2) is 0 Å². The molecule has 0 aliphatic carbocycles. The van der Waals surface area contributed by atoms with Crippen LogP contribution in [0.5, 0.6) is 0 Å². The summed E-state index contributed by atoms with van der Waals surface area (Å²) in [5.74, 6) is 0.860. The average Bonchev–Trinajstić information content (AvgIpc) is 3.01. The fourth-order valence-corrected chi connectivity index (χ4v) is 2.64. The van der Waals surface area contributed by atoms with Crippen LogP contribution in [0.25, 0.3) is 10.6 Å². The molecule has 0 spiro atoms. The smallest absolute Gasteiger partial charge is 0.148 e. The van der Waals surface area contributed by atoms with E-state index in [0.717, 1.165) is 35.9 Å². The molecule has 4 nitrogen and oxygen atoms in total. The third-order valence-corrected chi connectivity index (χ3v) is 3.74. The van der Waals surface area contributed by atoms with Crippen LogP contribution in [-0.2, 0) is 0 Å². The fraction of sp³-hybridized carbons (Fsp3) is 0.333. The molecule has 2 aromatic heterocycles. The normalized spacial score (nSPS) is 19.4. The number of thiophene rings is 1. The van der Waals surface area contributed by atoms with Gasteiger partial charge in [-0.3, -0.25) is 0 Å². The van der Waals surface area contributed by atoms with Crippen molar-refractivity contribution < 1.29 is 0 Å². The summed E-state index contributed by atoms with van der Waals surface area (Å²) in [5.41, 5.74) is 0.940. The molecule has 88 valence electrons. The third-order valence-electron chi connectivity index (χ3n) is 2.85. The predicted molar refractivity (Wildman–Crippen MR) is 70.2 cm³/mol. The number of rotatable bonds is 3. The first-order valence-electron chi connectivity index (χ1n) is 5.77. The molecule has 1 aliphatic heterocycles. The van der Waals surface area contributed by atoms with Gasteiger partial charge in [-0.2, -0.15) is 0 Å². The van der Waals surface area contributed by atoms with Crippen LogP contribution in [0.4, 0.5) is 5.82 Å². The van der Waals surface area contributed by atoms with E-state index in [-0.39, 0.29) is 0 Å². The van der Waals surface area contributed by atoms with Gasteiger partial charge in [0.05, 0.1) is 4.88 Å². The Morgan fingerprint density at radius 1 is 1.29 bits per heavy atom. The average molecular weight is 246 g/mol. The predicted octanol–water partition coefficient (Wildman–Crippen LogP) is 1.98. The Labute approximate surface area is 104 Å². The van der Waals surface area contributed by atoms with Crippen LogP contribution < -0.4 is 10.6 Å². The fourth-order valence-electron chi connectivity index (χ4n) is 1.95. The SMILES string of the molecule is c1csc(-c2ccc(NC3CCNC3)nn2)c1. The summed E-state index contributed by atoms with van der Waals surface area (Å²) in [6.07, 6.45) is 1.15. The van der Waals surface area contributed by atoms with Crippen molar-refractivity contribution in [3.05, 3.63) is 29.6 Å². The van der Waals surface area contributed by atoms with E-state index in [1.54, 1.807) is 11.3 Å². The zero-order valence-corrected chi connectivity index (χ0v) is 10.2. The summed E-state index contributed by atoms with van der Waals surface area (Å²) in [6.45, 7) is 2.09. The molecule has 3 heterocycles. The molecule has 0 aromatic carbocycles. The van der Waals surface area contributed by atoms with Crippen LogP contribution in [0.2, 0.25) is 0 Å². The first kappa shape index (κ1) is 10.7. The van der Waals surface area contributed by atoms with Crippen molar-refractivity contribution in [3.63, 3.8) is 0 Å². The van der Waals surface area contributed by atoms with Gasteiger partial charge in [0.2, 0.25) is 0 Å². The summed E-state index contributed by atoms with van der Waals surface area (Å²) in [6, 6.07) is 8.59. The van der Waals surface area contributed by atoms with Crippen molar-refractivity contribution in [1.82, 2.24) is 15.5 Å². The minimum Gasteiger partial charge on any atom is -0.365 e. The number of nitrogens with zero attached hydrogens (tertiary/aromatic N) is 2. The van der Waals surface area contributed by atoms with Crippen molar-refractivity contribution in [2.75, 3.05) is 18.4 Å². The Balaban J connectivity index is 1.71. The van der Waals surface area contributed by atoms with Crippen LogP contribution >= 0.6 is 11.3 Å². The van der Waals surface area contributed by atoms with Crippen LogP contribution in [0.3, 0.4) is 0 Å². The summed E-state index contributed by atoms with van der Waals surface area (Å²) < 4.78 is 0. The maximum atomic E-state index is 4.24. The molecule has 17 heavy (non-hydrogen) atoms. The highest BCUT2D eigenvalue weighted by Crippen LogP contribution is 2.22. The Kier molecular flexibility index (Phi) is 3.02. The van der Waals surface area contributed by atoms with E-state index >= 15 is 0 Å². The molecule has 0 amide bonds. The lowest BCUT2D eigenvalue weighted by atomic mass is 10.2. The number of anilines is 1. The molecule has 0 radical (unpaired) electrons. The second-order valence-corrected chi connectivity index (χ2v) is 5.06. The van der Waals surface area contributed by atoms with Gasteiger partial charge in [0.25, 0.3) is 0 Å². The zero-order chi connectivity index (χ0) is 11.5. The molecule has 1 saturated heterocycles. The van der Waals surface area contributed by atoms with E-state index < -0.39 is 0 Å². The van der Waals surface area contributed by atoms with E-state index in [1.807, 2.05) is 23.6 Å². The Bertz CT molecular complexity index is 460. The quantitative estimate of drug-likeness (QED) is 0.869. The van der Waals surface area contributed by atoms with E-state index in [2.05, 4.69) is 26.9 Å². The highest BCUT2D eigenvalue weighted by molar-refractivity contribution is 7.13. The molecular weight excluding hydrogens is 232 g/mol. The van der Waals surface area contributed by atoms with Crippen molar-refractivity contribution in [2.24, 2.45) is 0 Å². The standard InChI is InChI=1S/C12H14N4S/c1-2-11(17-7-1)10-3-4-12(16-15-10)14-9-5-6-13-8-9/h1-4,7,9,13H,5-6,8H2,(H,14,16). The first-order chi connectivity index (χ1) is 8.42. The van der Waals surface area contributed by atoms with Gasteiger partial charge in [-0.15, -0.1) is 21.5 Å². The second kappa shape index (κ2) is 4.81. The van der Waals surface area contributed by atoms with Gasteiger partial charge in [-0.25, -0.2) is 0 Å². The van der Waals surface area contributed by atoms with Gasteiger partial charge in [0.1, 0.15) is 11.5 Å². The number of aromatic nitrogens is 2. The lowest BCUT2D eigenvalue weighted by molar-refractivity contribution is 0.783. The first-order valence-corrected chi connectivity index (χ1v) is 6.64. The molecule has 1 unspecified atom stereocenters. The van der Waals surface area contributed by atoms with E-state index in [4.69, 9.17) is 0 Å². The highest BCUT2D eigenvalue weighted by atomic mass is 32.1. The Hall–Kier alpha value is -1.46. The van der Waals surface area contributed by atoms with Crippen LogP contribution in [-0.4, -0.2) is 29.3 Å². The molecule has 0 saturated carbocycles. The summed E-state index contributed by atoms with van der Waals surface area (Å²) >= 11 is 1.68. The van der Waals surface area contributed by atoms with Crippen molar-refractivity contribution >= 4 is 17.2 Å². The Morgan fingerprint density at radius 3 is 2.94 bits per heavy atom. The molecule has 5 heteroatoms. The van der Waals surface area contributed by atoms with E-state index in [9.17, 15) is 0 Å². The molecule has 1 atom stereocenters. The molecule has 0 bridgehead atoms. The lowest BCUT2D eigenvalue weighted by Gasteiger charge is -2.11. The molecule has 3 rings (SSSR count). The van der Waals surface area contributed by atoms with Gasteiger partial charge >= 0.3 is 0 Å². The van der Waals surface area contributed by atoms with Crippen LogP contribution in [0.1, 0.15) is 6.42 Å². The minimum atomic E-state index is 0.483. The van der Waals surface area contributed by atoms with Crippen molar-refractivity contribution in [3.8, 4) is 10.6 Å². The summed E-state index contributed by atoms with van der Waals surface area (Å²) in [4.78, 5) is 1.16. The molecule has 2 aromatic rings. The number of hydrogen-bond donors (Lipinski definition) is 2. The maximum Gasteiger partial charge on any atom is 0.148 e. The minimum absolute atomic E-state index is 0.483. The van der Waals surface area contributed by atoms with Crippen molar-refractivity contribution in [2.45, 2.75) is 12.5 Å². The molecule has 1 fully saturated rings. The monoisotopic (exact) mass is 246 g/mol. The summed E-state index contributed by atoms with van der Waals surface area (Å²) in [7, 11) is 0. The van der Waals surface area contributed by atoms with Gasteiger partial charge in [0, 0.05) is 12.6 Å². The third kappa shape index (κ3) is 2.45. The van der Waals surface area contributed by atoms with Crippen LogP contribution in [0, 0.1) is 0 Å². The second-order valence-electron chi connectivity index (χ2n) is 4.12. The topological polar surface area (TPSA) is 49.8 Å². The molecule has 1 aliphatic rings. The number of nitrogens with one attached hydrogen (secondary N) is 2. The maximum absolute atomic E-state index is 4.24. The van der Waals surface area contributed by atoms with Crippen LogP contribution in [0.15, 0.2) is 29.6 Å². The zero-order valence-electron chi connectivity index (χ0n) is 9.39. The largest absolute Gasteiger partial charge is 0.365 e. The molecular formula is C12H14N4S. The number of hydrogen-bond acceptors (Lipinski definition) is 5. The van der Waals surface area contributed by atoms with E-state index in [1.165, 1.54) is 0 Å². The van der Waals surface area contributed by atoms with Gasteiger partial charge < -0.3 is 10.6 Å². The molecule has 2 N–H and O–H groups in total. The highest BCUT2D eigenvalue weighted by Gasteiger charge is 2.14. The van der Waals surface area contributed by atoms with E-state index in [0.29, 0.717) is 6.04 Å². The van der Waals surface area contributed by atoms with Gasteiger partial charge in [-0.1, -0.05) is 6.07 Å².